The number of aromatic nitrogens is 1. The Kier molecular flexibility index (Phi) is 1.72. The van der Waals surface area contributed by atoms with Crippen LogP contribution in [0.2, 0.25) is 0 Å². The smallest absolute Gasteiger partial charge is 0.195 e. The molecule has 0 fully saturated rings. The van der Waals surface area contributed by atoms with Gasteiger partial charge in [-0.1, -0.05) is 6.92 Å². The van der Waals surface area contributed by atoms with E-state index in [0.29, 0.717) is 11.3 Å². The van der Waals surface area contributed by atoms with Crippen LogP contribution in [0, 0.1) is 6.92 Å². The average Bonchev–Trinajstić information content (AvgIpc) is 2.47. The number of nitrogen functional groups attached to an aromatic ring is 1. The molecule has 2 N–H and O–H groups in total. The molecular formula is C10H12N2O. The minimum absolute atomic E-state index is 0.669. The molecule has 1 heterocycles. The second-order valence-corrected chi connectivity index (χ2v) is 3.16. The van der Waals surface area contributed by atoms with Crippen molar-refractivity contribution >= 4 is 16.8 Å². The number of hydrogen-bond donors (Lipinski definition) is 1. The predicted molar refractivity (Wildman–Crippen MR) is 52.5 cm³/mol. The van der Waals surface area contributed by atoms with Gasteiger partial charge in [0.15, 0.2) is 11.5 Å². The molecule has 0 saturated heterocycles. The maximum Gasteiger partial charge on any atom is 0.195 e. The molecule has 1 aromatic heterocycles. The Labute approximate surface area is 76.6 Å². The van der Waals surface area contributed by atoms with Crippen molar-refractivity contribution in [1.29, 1.82) is 0 Å². The third-order valence-electron chi connectivity index (χ3n) is 2.01. The van der Waals surface area contributed by atoms with E-state index in [0.717, 1.165) is 23.4 Å². The maximum absolute atomic E-state index is 5.79. The van der Waals surface area contributed by atoms with E-state index in [1.54, 1.807) is 0 Å². The first-order chi connectivity index (χ1) is 6.20. The zero-order valence-electron chi connectivity index (χ0n) is 7.79. The molecule has 1 aromatic carbocycles. The van der Waals surface area contributed by atoms with Crippen molar-refractivity contribution in [1.82, 2.24) is 4.98 Å². The van der Waals surface area contributed by atoms with E-state index in [1.165, 1.54) is 0 Å². The minimum Gasteiger partial charge on any atom is -0.439 e. The van der Waals surface area contributed by atoms with E-state index in [2.05, 4.69) is 4.98 Å². The van der Waals surface area contributed by atoms with Crippen LogP contribution in [0.5, 0.6) is 0 Å². The van der Waals surface area contributed by atoms with E-state index in [1.807, 2.05) is 26.0 Å². The van der Waals surface area contributed by atoms with Gasteiger partial charge in [0.25, 0.3) is 0 Å². The molecular weight excluding hydrogens is 164 g/mol. The van der Waals surface area contributed by atoms with Crippen LogP contribution >= 0.6 is 0 Å². The summed E-state index contributed by atoms with van der Waals surface area (Å²) in [7, 11) is 0. The number of benzene rings is 1. The summed E-state index contributed by atoms with van der Waals surface area (Å²) in [5, 5.41) is 0. The highest BCUT2D eigenvalue weighted by Gasteiger charge is 2.07. The van der Waals surface area contributed by atoms with Crippen LogP contribution in [-0.2, 0) is 6.42 Å². The summed E-state index contributed by atoms with van der Waals surface area (Å²) in [4.78, 5) is 4.31. The summed E-state index contributed by atoms with van der Waals surface area (Å²) in [6.07, 6.45) is 0.799. The van der Waals surface area contributed by atoms with Crippen molar-refractivity contribution in [3.8, 4) is 0 Å². The van der Waals surface area contributed by atoms with Crippen molar-refractivity contribution in [2.75, 3.05) is 5.73 Å². The fraction of sp³-hybridized carbons (Fsp3) is 0.300. The lowest BCUT2D eigenvalue weighted by Crippen LogP contribution is -1.86. The minimum atomic E-state index is 0.669. The number of nitrogens with zero attached hydrogens (tertiary/aromatic N) is 1. The maximum atomic E-state index is 5.79. The standard InChI is InChI=1S/C10H12N2O/c1-3-9-12-8-5-6(2)4-7(11)10(8)13-9/h4-5H,3,11H2,1-2H3. The topological polar surface area (TPSA) is 52.0 Å². The van der Waals surface area contributed by atoms with Crippen LogP contribution in [-0.4, -0.2) is 4.98 Å². The summed E-state index contributed by atoms with van der Waals surface area (Å²) in [6.45, 7) is 4.00. The summed E-state index contributed by atoms with van der Waals surface area (Å²) >= 11 is 0. The summed E-state index contributed by atoms with van der Waals surface area (Å²) < 4.78 is 5.47. The number of hydrogen-bond acceptors (Lipinski definition) is 3. The lowest BCUT2D eigenvalue weighted by atomic mass is 10.2. The molecule has 2 rings (SSSR count). The van der Waals surface area contributed by atoms with Gasteiger partial charge < -0.3 is 10.2 Å². The third-order valence-corrected chi connectivity index (χ3v) is 2.01. The van der Waals surface area contributed by atoms with Gasteiger partial charge in [-0.05, 0) is 24.6 Å². The average molecular weight is 176 g/mol. The van der Waals surface area contributed by atoms with Crippen LogP contribution in [0.15, 0.2) is 16.5 Å². The highest BCUT2D eigenvalue weighted by atomic mass is 16.3. The Morgan fingerprint density at radius 3 is 2.92 bits per heavy atom. The first-order valence-electron chi connectivity index (χ1n) is 4.36. The first-order valence-corrected chi connectivity index (χ1v) is 4.36. The Bertz CT molecular complexity index is 445. The zero-order valence-corrected chi connectivity index (χ0v) is 7.79. The largest absolute Gasteiger partial charge is 0.439 e. The van der Waals surface area contributed by atoms with Gasteiger partial charge in [0.05, 0.1) is 5.69 Å². The quantitative estimate of drug-likeness (QED) is 0.678. The normalized spacial score (nSPS) is 10.9. The summed E-state index contributed by atoms with van der Waals surface area (Å²) in [6, 6.07) is 3.88. The highest BCUT2D eigenvalue weighted by molar-refractivity contribution is 5.85. The lowest BCUT2D eigenvalue weighted by Gasteiger charge is -1.94. The zero-order chi connectivity index (χ0) is 9.42. The number of oxazole rings is 1. The monoisotopic (exact) mass is 176 g/mol. The molecule has 0 bridgehead atoms. The molecule has 0 aliphatic heterocycles. The van der Waals surface area contributed by atoms with Gasteiger partial charge in [-0.3, -0.25) is 0 Å². The molecule has 3 heteroatoms. The van der Waals surface area contributed by atoms with Gasteiger partial charge in [-0.15, -0.1) is 0 Å². The first kappa shape index (κ1) is 8.10. The summed E-state index contributed by atoms with van der Waals surface area (Å²) in [5.41, 5.74) is 9.14. The fourth-order valence-electron chi connectivity index (χ4n) is 1.40. The Hall–Kier alpha value is -1.51. The molecule has 68 valence electrons. The summed E-state index contributed by atoms with van der Waals surface area (Å²) in [5.74, 6) is 0.743. The Balaban J connectivity index is 2.75. The van der Waals surface area contributed by atoms with E-state index in [9.17, 15) is 0 Å². The van der Waals surface area contributed by atoms with E-state index >= 15 is 0 Å². The molecule has 0 radical (unpaired) electrons. The third kappa shape index (κ3) is 1.26. The fourth-order valence-corrected chi connectivity index (χ4v) is 1.40. The molecule has 0 spiro atoms. The van der Waals surface area contributed by atoms with Gasteiger partial charge in [-0.25, -0.2) is 4.98 Å². The second-order valence-electron chi connectivity index (χ2n) is 3.16. The number of nitrogens with two attached hydrogens (primary N) is 1. The molecule has 0 aliphatic carbocycles. The van der Waals surface area contributed by atoms with Crippen molar-refractivity contribution < 1.29 is 4.42 Å². The van der Waals surface area contributed by atoms with Crippen molar-refractivity contribution in [3.05, 3.63) is 23.6 Å². The van der Waals surface area contributed by atoms with Crippen LogP contribution in [0.25, 0.3) is 11.1 Å². The number of rotatable bonds is 1. The van der Waals surface area contributed by atoms with E-state index < -0.39 is 0 Å². The molecule has 0 aliphatic rings. The number of anilines is 1. The SMILES string of the molecule is CCc1nc2cc(C)cc(N)c2o1. The Morgan fingerprint density at radius 2 is 2.23 bits per heavy atom. The molecule has 0 atom stereocenters. The highest BCUT2D eigenvalue weighted by Crippen LogP contribution is 2.23. The van der Waals surface area contributed by atoms with E-state index in [-0.39, 0.29) is 0 Å². The molecule has 0 unspecified atom stereocenters. The van der Waals surface area contributed by atoms with Gasteiger partial charge in [0, 0.05) is 6.42 Å². The van der Waals surface area contributed by atoms with Crippen LogP contribution in [0.3, 0.4) is 0 Å². The van der Waals surface area contributed by atoms with Gasteiger partial charge >= 0.3 is 0 Å². The predicted octanol–water partition coefficient (Wildman–Crippen LogP) is 2.28. The molecule has 0 amide bonds. The second kappa shape index (κ2) is 2.76. The molecule has 0 saturated carbocycles. The van der Waals surface area contributed by atoms with Crippen LogP contribution < -0.4 is 5.73 Å². The van der Waals surface area contributed by atoms with Gasteiger partial charge in [-0.2, -0.15) is 0 Å². The van der Waals surface area contributed by atoms with Gasteiger partial charge in [0.1, 0.15) is 5.52 Å². The van der Waals surface area contributed by atoms with Crippen molar-refractivity contribution in [2.24, 2.45) is 0 Å². The van der Waals surface area contributed by atoms with Gasteiger partial charge in [0.2, 0.25) is 0 Å². The molecule has 3 nitrogen and oxygen atoms in total. The molecule has 2 aromatic rings. The Morgan fingerprint density at radius 1 is 1.46 bits per heavy atom. The lowest BCUT2D eigenvalue weighted by molar-refractivity contribution is 0.539. The van der Waals surface area contributed by atoms with Crippen LogP contribution in [0.1, 0.15) is 18.4 Å². The number of aryl methyl sites for hydroxylation is 2. The number of fused-ring (bicyclic) bond motifs is 1. The van der Waals surface area contributed by atoms with E-state index in [4.69, 9.17) is 10.2 Å². The molecule has 13 heavy (non-hydrogen) atoms. The van der Waals surface area contributed by atoms with Crippen molar-refractivity contribution in [2.45, 2.75) is 20.3 Å². The van der Waals surface area contributed by atoms with Crippen LogP contribution in [0.4, 0.5) is 5.69 Å². The van der Waals surface area contributed by atoms with Crippen molar-refractivity contribution in [3.63, 3.8) is 0 Å².